The van der Waals surface area contributed by atoms with Crippen molar-refractivity contribution in [3.63, 3.8) is 0 Å². The molecule has 1 heterocycles. The van der Waals surface area contributed by atoms with Gasteiger partial charge in [0.15, 0.2) is 5.43 Å². The van der Waals surface area contributed by atoms with Crippen molar-refractivity contribution in [2.24, 2.45) is 50.2 Å². The molecule has 0 amide bonds. The molecule has 1 aromatic heterocycles. The largest absolute Gasteiger partial charge is 0.508 e. The zero-order valence-corrected chi connectivity index (χ0v) is 32.4. The maximum atomic E-state index is 12.8. The van der Waals surface area contributed by atoms with Gasteiger partial charge in [0.1, 0.15) is 33.6 Å². The van der Waals surface area contributed by atoms with E-state index < -0.39 is 17.5 Å². The smallest absolute Gasteiger partial charge is 0.312 e. The lowest BCUT2D eigenvalue weighted by molar-refractivity contribution is -0.218. The van der Waals surface area contributed by atoms with Crippen molar-refractivity contribution in [2.45, 2.75) is 118 Å². The summed E-state index contributed by atoms with van der Waals surface area (Å²) in [6.07, 6.45) is 9.35. The van der Waals surface area contributed by atoms with Gasteiger partial charge in [0.25, 0.3) is 0 Å². The number of benzene rings is 2. The monoisotopic (exact) mass is 726 g/mol. The number of aliphatic hydroxyl groups excluding tert-OH is 2. The second-order valence-electron chi connectivity index (χ2n) is 19.3. The van der Waals surface area contributed by atoms with Crippen LogP contribution in [0.4, 0.5) is 0 Å². The topological polar surface area (TPSA) is 148 Å². The molecule has 5 aliphatic rings. The van der Waals surface area contributed by atoms with Crippen molar-refractivity contribution in [1.82, 2.24) is 0 Å². The molecule has 4 fully saturated rings. The van der Waals surface area contributed by atoms with Gasteiger partial charge in [-0.1, -0.05) is 90.4 Å². The number of carboxylic acids is 1. The fourth-order valence-electron chi connectivity index (χ4n) is 12.7. The van der Waals surface area contributed by atoms with E-state index in [-0.39, 0.29) is 67.0 Å². The van der Waals surface area contributed by atoms with E-state index >= 15 is 0 Å². The van der Waals surface area contributed by atoms with Gasteiger partial charge in [0.2, 0.25) is 0 Å². The normalized spacial score (nSPS) is 38.1. The van der Waals surface area contributed by atoms with E-state index in [1.54, 1.807) is 0 Å². The van der Waals surface area contributed by atoms with Crippen LogP contribution in [0.2, 0.25) is 0 Å². The Morgan fingerprint density at radius 1 is 0.811 bits per heavy atom. The van der Waals surface area contributed by atoms with E-state index in [2.05, 4.69) is 54.5 Å². The van der Waals surface area contributed by atoms with Crippen LogP contribution in [0.5, 0.6) is 11.5 Å². The number of aliphatic carboxylic acids is 1. The van der Waals surface area contributed by atoms with Crippen LogP contribution in [0.3, 0.4) is 0 Å². The quantitative estimate of drug-likeness (QED) is 0.164. The molecule has 2 aromatic carbocycles. The van der Waals surface area contributed by atoms with Gasteiger partial charge in [-0.2, -0.15) is 0 Å². The number of hydrogen-bond donors (Lipinski definition) is 5. The number of carboxylic acid groups (broad SMARTS) is 1. The van der Waals surface area contributed by atoms with Gasteiger partial charge in [-0.15, -0.1) is 0 Å². The Bertz CT molecular complexity index is 2010. The summed E-state index contributed by atoms with van der Waals surface area (Å²) in [4.78, 5) is 24.8. The zero-order valence-electron chi connectivity index (χ0n) is 32.4. The standard InChI is InChI=1S/C30H48O4.C15H10O4/c1-25(2)14-15-30(24(33)34)19(16-25)18-8-9-21-27(5)12-11-22(31)26(3,4)20(27)10-13-28(21,6)29(18,7)17-23(30)32;16-10-6-11(17)15-12(18)8-13(19-14(15)7-10)9-4-2-1-3-5-9/h8,19-23,31-32H,9-17H2,1-7H3,(H,33,34);1-8,16-17H. The SMILES string of the molecule is CC1(C)CCC2(C(=O)O)C(O)CC3(C)C(=CCC4C5(C)CCC(O)C(C)(C)C5CCC43C)C2C1.O=c1cc(-c2ccccc2)oc2cc(O)cc(O)c12. The first-order valence-electron chi connectivity index (χ1n) is 19.6. The van der Waals surface area contributed by atoms with Gasteiger partial charge >= 0.3 is 5.97 Å². The number of phenolic OH excluding ortho intramolecular Hbond substituents is 2. The van der Waals surface area contributed by atoms with E-state index in [4.69, 9.17) is 4.42 Å². The number of rotatable bonds is 2. The number of aliphatic hydroxyl groups is 2. The molecule has 9 unspecified atom stereocenters. The number of hydrogen-bond acceptors (Lipinski definition) is 7. The molecule has 0 saturated heterocycles. The molecule has 8 rings (SSSR count). The summed E-state index contributed by atoms with van der Waals surface area (Å²) in [5, 5.41) is 52.2. The molecular weight excluding hydrogens is 668 g/mol. The number of carbonyl (C=O) groups is 1. The van der Waals surface area contributed by atoms with Crippen LogP contribution in [0.25, 0.3) is 22.3 Å². The Morgan fingerprint density at radius 3 is 2.19 bits per heavy atom. The van der Waals surface area contributed by atoms with Crippen molar-refractivity contribution >= 4 is 16.9 Å². The van der Waals surface area contributed by atoms with Crippen LogP contribution >= 0.6 is 0 Å². The van der Waals surface area contributed by atoms with Crippen LogP contribution in [0, 0.1) is 50.2 Å². The lowest BCUT2D eigenvalue weighted by Gasteiger charge is -2.71. The summed E-state index contributed by atoms with van der Waals surface area (Å²) in [6, 6.07) is 12.9. The number of aromatic hydroxyl groups is 2. The highest BCUT2D eigenvalue weighted by molar-refractivity contribution is 5.86. The third kappa shape index (κ3) is 5.51. The summed E-state index contributed by atoms with van der Waals surface area (Å²) >= 11 is 0. The number of fused-ring (bicyclic) bond motifs is 8. The number of phenols is 2. The van der Waals surface area contributed by atoms with Gasteiger partial charge in [-0.3, -0.25) is 9.59 Å². The lowest BCUT2D eigenvalue weighted by atomic mass is 9.33. The first kappa shape index (κ1) is 37.7. The minimum atomic E-state index is -1.04. The zero-order chi connectivity index (χ0) is 38.5. The maximum absolute atomic E-state index is 12.8. The molecule has 8 nitrogen and oxygen atoms in total. The van der Waals surface area contributed by atoms with Gasteiger partial charge in [0.05, 0.1) is 12.2 Å². The van der Waals surface area contributed by atoms with Gasteiger partial charge in [-0.05, 0) is 103 Å². The third-order valence-electron chi connectivity index (χ3n) is 15.9. The molecule has 5 aliphatic carbocycles. The summed E-state index contributed by atoms with van der Waals surface area (Å²) in [6.45, 7) is 16.4. The van der Waals surface area contributed by atoms with Crippen LogP contribution in [-0.4, -0.2) is 43.7 Å². The molecule has 3 aromatic rings. The summed E-state index contributed by atoms with van der Waals surface area (Å²) in [5.74, 6) is 0.0377. The molecule has 0 bridgehead atoms. The summed E-state index contributed by atoms with van der Waals surface area (Å²) in [5.41, 5.74) is 0.856. The first-order chi connectivity index (χ1) is 24.7. The highest BCUT2D eigenvalue weighted by Gasteiger charge is 2.71. The average molecular weight is 727 g/mol. The van der Waals surface area contributed by atoms with Crippen molar-refractivity contribution in [3.05, 3.63) is 70.4 Å². The predicted octanol–water partition coefficient (Wildman–Crippen LogP) is 9.08. The van der Waals surface area contributed by atoms with Crippen molar-refractivity contribution < 1.29 is 34.7 Å². The molecule has 0 aliphatic heterocycles. The van der Waals surface area contributed by atoms with Crippen molar-refractivity contribution in [2.75, 3.05) is 0 Å². The molecule has 9 atom stereocenters. The molecular formula is C45H58O8. The van der Waals surface area contributed by atoms with E-state index in [9.17, 15) is 35.1 Å². The molecule has 53 heavy (non-hydrogen) atoms. The first-order valence-corrected chi connectivity index (χ1v) is 19.6. The molecule has 286 valence electrons. The second-order valence-corrected chi connectivity index (χ2v) is 19.3. The molecule has 4 saturated carbocycles. The van der Waals surface area contributed by atoms with Crippen molar-refractivity contribution in [1.29, 1.82) is 0 Å². The van der Waals surface area contributed by atoms with E-state index in [0.29, 0.717) is 30.4 Å². The Morgan fingerprint density at radius 2 is 1.51 bits per heavy atom. The molecule has 8 heteroatoms. The maximum Gasteiger partial charge on any atom is 0.312 e. The van der Waals surface area contributed by atoms with Crippen LogP contribution < -0.4 is 5.43 Å². The van der Waals surface area contributed by atoms with Crippen LogP contribution in [0.15, 0.2) is 69.4 Å². The minimum Gasteiger partial charge on any atom is -0.508 e. The highest BCUT2D eigenvalue weighted by Crippen LogP contribution is 2.75. The second kappa shape index (κ2) is 12.5. The van der Waals surface area contributed by atoms with Gasteiger partial charge in [-0.25, -0.2) is 0 Å². The lowest BCUT2D eigenvalue weighted by Crippen LogP contribution is -2.67. The van der Waals surface area contributed by atoms with Crippen LogP contribution in [-0.2, 0) is 4.79 Å². The highest BCUT2D eigenvalue weighted by atomic mass is 16.4. The molecule has 5 N–H and O–H groups in total. The van der Waals surface area contributed by atoms with E-state index in [1.807, 2.05) is 30.3 Å². The van der Waals surface area contributed by atoms with Gasteiger partial charge in [0, 0.05) is 23.8 Å². The minimum absolute atomic E-state index is 0.0218. The average Bonchev–Trinajstić information content (AvgIpc) is 3.07. The number of allylic oxidation sites excluding steroid dienone is 2. The van der Waals surface area contributed by atoms with E-state index in [0.717, 1.165) is 56.6 Å². The Kier molecular flexibility index (Phi) is 8.86. The fraction of sp³-hybridized carbons (Fsp3) is 0.600. The Labute approximate surface area is 313 Å². The van der Waals surface area contributed by atoms with Gasteiger partial charge < -0.3 is 29.9 Å². The fourth-order valence-corrected chi connectivity index (χ4v) is 12.7. The Hall–Kier alpha value is -3.62. The molecule has 0 spiro atoms. The molecule has 0 radical (unpaired) electrons. The summed E-state index contributed by atoms with van der Waals surface area (Å²) < 4.78 is 5.57. The van der Waals surface area contributed by atoms with E-state index in [1.165, 1.54) is 17.7 Å². The predicted molar refractivity (Wildman–Crippen MR) is 205 cm³/mol. The summed E-state index contributed by atoms with van der Waals surface area (Å²) in [7, 11) is 0. The van der Waals surface area contributed by atoms with Crippen molar-refractivity contribution in [3.8, 4) is 22.8 Å². The Balaban J connectivity index is 0.000000193. The van der Waals surface area contributed by atoms with Crippen LogP contribution in [0.1, 0.15) is 106 Å². The third-order valence-corrected chi connectivity index (χ3v) is 15.9.